The molecule has 1 saturated carbocycles. The van der Waals surface area contributed by atoms with Crippen LogP contribution in [0, 0.1) is 6.92 Å². The van der Waals surface area contributed by atoms with Gasteiger partial charge in [-0.25, -0.2) is 13.6 Å². The maximum absolute atomic E-state index is 12.5. The second-order valence-electron chi connectivity index (χ2n) is 5.12. The van der Waals surface area contributed by atoms with Gasteiger partial charge in [-0.3, -0.25) is 4.79 Å². The fraction of sp³-hybridized carbons (Fsp3) is 0.462. The van der Waals surface area contributed by atoms with Gasteiger partial charge in [0.15, 0.2) is 0 Å². The molecule has 1 fully saturated rings. The van der Waals surface area contributed by atoms with Crippen LogP contribution in [0.3, 0.4) is 0 Å². The first kappa shape index (κ1) is 15.5. The highest BCUT2D eigenvalue weighted by atomic mass is 79.9. The van der Waals surface area contributed by atoms with Gasteiger partial charge in [0.25, 0.3) is 5.91 Å². The van der Waals surface area contributed by atoms with E-state index in [0.717, 1.165) is 19.3 Å². The molecule has 2 rings (SSSR count). The van der Waals surface area contributed by atoms with E-state index in [1.165, 1.54) is 12.1 Å². The van der Waals surface area contributed by atoms with E-state index in [1.807, 2.05) is 0 Å². The maximum atomic E-state index is 12.5. The zero-order chi connectivity index (χ0) is 15.1. The summed E-state index contributed by atoms with van der Waals surface area (Å²) in [6.45, 7) is 1.78. The van der Waals surface area contributed by atoms with E-state index in [9.17, 15) is 13.2 Å². The van der Waals surface area contributed by atoms with Crippen LogP contribution in [0.15, 0.2) is 21.5 Å². The Kier molecular flexibility index (Phi) is 4.22. The summed E-state index contributed by atoms with van der Waals surface area (Å²) >= 11 is 3.28. The number of amides is 1. The summed E-state index contributed by atoms with van der Waals surface area (Å²) in [5, 5.41) is 5.14. The minimum Gasteiger partial charge on any atom is -0.339 e. The molecule has 0 heterocycles. The third-order valence-corrected chi connectivity index (χ3v) is 5.54. The Bertz CT molecular complexity index is 654. The molecule has 1 aliphatic carbocycles. The van der Waals surface area contributed by atoms with Crippen LogP contribution in [0.1, 0.15) is 35.2 Å². The number of halogens is 1. The normalized spacial score (nSPS) is 15.8. The van der Waals surface area contributed by atoms with Crippen LogP contribution < -0.4 is 5.14 Å². The topological polar surface area (TPSA) is 80.5 Å². The molecule has 20 heavy (non-hydrogen) atoms. The molecule has 0 spiro atoms. The molecule has 1 aliphatic rings. The number of carbonyl (C=O) groups excluding carboxylic acids is 1. The van der Waals surface area contributed by atoms with Gasteiger partial charge in [-0.1, -0.05) is 15.9 Å². The number of nitrogens with two attached hydrogens (primary N) is 1. The quantitative estimate of drug-likeness (QED) is 0.895. The van der Waals surface area contributed by atoms with Crippen LogP contribution in [0.5, 0.6) is 0 Å². The third-order valence-electron chi connectivity index (χ3n) is 3.82. The largest absolute Gasteiger partial charge is 0.339 e. The van der Waals surface area contributed by atoms with E-state index >= 15 is 0 Å². The molecule has 110 valence electrons. The summed E-state index contributed by atoms with van der Waals surface area (Å²) in [5.74, 6) is -0.168. The lowest BCUT2D eigenvalue weighted by Crippen LogP contribution is -2.41. The van der Waals surface area contributed by atoms with Gasteiger partial charge in [-0.05, 0) is 43.9 Å². The maximum Gasteiger partial charge on any atom is 0.254 e. The molecule has 1 amide bonds. The smallest absolute Gasteiger partial charge is 0.254 e. The summed E-state index contributed by atoms with van der Waals surface area (Å²) in [6.07, 6.45) is 3.12. The van der Waals surface area contributed by atoms with Crippen LogP contribution >= 0.6 is 15.9 Å². The van der Waals surface area contributed by atoms with Crippen molar-refractivity contribution in [3.63, 3.8) is 0 Å². The molecule has 0 unspecified atom stereocenters. The molecule has 0 aliphatic heterocycles. The first-order valence-corrected chi connectivity index (χ1v) is 8.66. The number of carbonyl (C=O) groups is 1. The van der Waals surface area contributed by atoms with E-state index in [4.69, 9.17) is 5.14 Å². The van der Waals surface area contributed by atoms with Crippen molar-refractivity contribution in [1.29, 1.82) is 0 Å². The first-order chi connectivity index (χ1) is 9.21. The Labute approximate surface area is 127 Å². The van der Waals surface area contributed by atoms with E-state index in [2.05, 4.69) is 15.9 Å². The van der Waals surface area contributed by atoms with Crippen LogP contribution in [0.4, 0.5) is 0 Å². The number of primary sulfonamides is 1. The van der Waals surface area contributed by atoms with Crippen molar-refractivity contribution in [3.05, 3.63) is 27.7 Å². The van der Waals surface area contributed by atoms with Gasteiger partial charge in [-0.15, -0.1) is 0 Å². The molecule has 7 heteroatoms. The summed E-state index contributed by atoms with van der Waals surface area (Å²) in [4.78, 5) is 14.1. The Morgan fingerprint density at radius 1 is 1.40 bits per heavy atom. The lowest BCUT2D eigenvalue weighted by atomic mass is 9.91. The van der Waals surface area contributed by atoms with Crippen molar-refractivity contribution in [1.82, 2.24) is 4.90 Å². The summed E-state index contributed by atoms with van der Waals surface area (Å²) in [5.41, 5.74) is 1.09. The second kappa shape index (κ2) is 5.46. The van der Waals surface area contributed by atoms with Crippen molar-refractivity contribution in [2.45, 2.75) is 37.1 Å². The number of hydrogen-bond acceptors (Lipinski definition) is 3. The number of benzene rings is 1. The molecule has 0 atom stereocenters. The Hall–Kier alpha value is -0.920. The lowest BCUT2D eigenvalue weighted by Gasteiger charge is -2.35. The molecular weight excluding hydrogens is 344 g/mol. The van der Waals surface area contributed by atoms with Crippen molar-refractivity contribution in [2.75, 3.05) is 7.05 Å². The molecule has 5 nitrogen and oxygen atoms in total. The molecule has 0 radical (unpaired) electrons. The fourth-order valence-corrected chi connectivity index (χ4v) is 3.35. The van der Waals surface area contributed by atoms with Crippen molar-refractivity contribution < 1.29 is 13.2 Å². The highest BCUT2D eigenvalue weighted by Crippen LogP contribution is 2.29. The number of rotatable bonds is 3. The summed E-state index contributed by atoms with van der Waals surface area (Å²) in [7, 11) is -2.08. The lowest BCUT2D eigenvalue weighted by molar-refractivity contribution is 0.0651. The van der Waals surface area contributed by atoms with E-state index in [1.54, 1.807) is 18.9 Å². The van der Waals surface area contributed by atoms with Gasteiger partial charge in [0.2, 0.25) is 10.0 Å². The van der Waals surface area contributed by atoms with E-state index in [-0.39, 0.29) is 16.8 Å². The minimum atomic E-state index is -3.84. The van der Waals surface area contributed by atoms with Crippen molar-refractivity contribution in [3.8, 4) is 0 Å². The van der Waals surface area contributed by atoms with Crippen LogP contribution in [-0.4, -0.2) is 32.3 Å². The zero-order valence-electron chi connectivity index (χ0n) is 11.4. The van der Waals surface area contributed by atoms with Gasteiger partial charge in [-0.2, -0.15) is 0 Å². The number of sulfonamides is 1. The van der Waals surface area contributed by atoms with Gasteiger partial charge in [0, 0.05) is 23.1 Å². The monoisotopic (exact) mass is 360 g/mol. The Morgan fingerprint density at radius 3 is 2.45 bits per heavy atom. The van der Waals surface area contributed by atoms with Crippen molar-refractivity contribution >= 4 is 31.9 Å². The molecule has 0 saturated heterocycles. The molecule has 0 aromatic heterocycles. The molecular formula is C13H17BrN2O3S. The van der Waals surface area contributed by atoms with E-state index < -0.39 is 10.0 Å². The number of hydrogen-bond donors (Lipinski definition) is 1. The average molecular weight is 361 g/mol. The standard InChI is InChI=1S/C13H17BrN2O3S/c1-8-11(13(17)16(2)9-4-3-5-9)6-10(7-12(8)14)20(15,18)19/h6-7,9H,3-5H2,1-2H3,(H2,15,18,19). The second-order valence-corrected chi connectivity index (χ2v) is 7.54. The number of nitrogens with zero attached hydrogens (tertiary/aromatic N) is 1. The Morgan fingerprint density at radius 2 is 2.00 bits per heavy atom. The summed E-state index contributed by atoms with van der Waals surface area (Å²) < 4.78 is 23.5. The van der Waals surface area contributed by atoms with Crippen LogP contribution in [-0.2, 0) is 10.0 Å². The van der Waals surface area contributed by atoms with E-state index in [0.29, 0.717) is 15.6 Å². The highest BCUT2D eigenvalue weighted by Gasteiger charge is 2.28. The third kappa shape index (κ3) is 2.89. The SMILES string of the molecule is Cc1c(Br)cc(S(N)(=O)=O)cc1C(=O)N(C)C1CCC1. The zero-order valence-corrected chi connectivity index (χ0v) is 13.8. The van der Waals surface area contributed by atoms with Gasteiger partial charge >= 0.3 is 0 Å². The predicted molar refractivity (Wildman–Crippen MR) is 80.0 cm³/mol. The highest BCUT2D eigenvalue weighted by molar-refractivity contribution is 9.10. The minimum absolute atomic E-state index is 0.0552. The molecule has 0 bridgehead atoms. The van der Waals surface area contributed by atoms with Gasteiger partial charge in [0.1, 0.15) is 0 Å². The molecule has 1 aromatic rings. The Balaban J connectivity index is 2.44. The fourth-order valence-electron chi connectivity index (χ4n) is 2.17. The van der Waals surface area contributed by atoms with Crippen LogP contribution in [0.2, 0.25) is 0 Å². The van der Waals surface area contributed by atoms with Gasteiger partial charge < -0.3 is 4.90 Å². The first-order valence-electron chi connectivity index (χ1n) is 6.32. The molecule has 2 N–H and O–H groups in total. The average Bonchev–Trinajstić information content (AvgIpc) is 2.27. The van der Waals surface area contributed by atoms with Crippen molar-refractivity contribution in [2.24, 2.45) is 5.14 Å². The summed E-state index contributed by atoms with van der Waals surface area (Å²) in [6, 6.07) is 3.02. The predicted octanol–water partition coefficient (Wildman–Crippen LogP) is 2.03. The van der Waals surface area contributed by atoms with Gasteiger partial charge in [0.05, 0.1) is 4.90 Å². The van der Waals surface area contributed by atoms with Crippen LogP contribution in [0.25, 0.3) is 0 Å². The molecule has 1 aromatic carbocycles.